The highest BCUT2D eigenvalue weighted by Gasteiger charge is 1.97. The lowest BCUT2D eigenvalue weighted by molar-refractivity contribution is 0.275. The predicted molar refractivity (Wildman–Crippen MR) is 63.6 cm³/mol. The quantitative estimate of drug-likeness (QED) is 0.847. The SMILES string of the molecule is OCc1ccc(OCCc2ccncc2)cn1. The van der Waals surface area contributed by atoms with Crippen molar-refractivity contribution >= 4 is 0 Å². The van der Waals surface area contributed by atoms with Crippen LogP contribution >= 0.6 is 0 Å². The van der Waals surface area contributed by atoms with Crippen molar-refractivity contribution in [2.75, 3.05) is 6.61 Å². The molecule has 0 aliphatic rings. The lowest BCUT2D eigenvalue weighted by Crippen LogP contribution is -2.02. The predicted octanol–water partition coefficient (Wildman–Crippen LogP) is 1.59. The van der Waals surface area contributed by atoms with Gasteiger partial charge in [-0.05, 0) is 29.8 Å². The van der Waals surface area contributed by atoms with E-state index in [4.69, 9.17) is 9.84 Å². The Morgan fingerprint density at radius 3 is 2.59 bits per heavy atom. The number of nitrogens with zero attached hydrogens (tertiary/aromatic N) is 2. The van der Waals surface area contributed by atoms with E-state index in [1.807, 2.05) is 18.2 Å². The zero-order chi connectivity index (χ0) is 11.9. The molecule has 17 heavy (non-hydrogen) atoms. The van der Waals surface area contributed by atoms with Crippen molar-refractivity contribution in [2.45, 2.75) is 13.0 Å². The van der Waals surface area contributed by atoms with Gasteiger partial charge in [0.05, 0.1) is 25.1 Å². The first-order chi connectivity index (χ1) is 8.38. The minimum absolute atomic E-state index is 0.0443. The molecule has 4 heteroatoms. The summed E-state index contributed by atoms with van der Waals surface area (Å²) in [6, 6.07) is 7.50. The molecular formula is C13H14N2O2. The van der Waals surface area contributed by atoms with E-state index in [0.717, 1.165) is 12.2 Å². The Morgan fingerprint density at radius 2 is 1.94 bits per heavy atom. The summed E-state index contributed by atoms with van der Waals surface area (Å²) in [5, 5.41) is 8.84. The third-order valence-electron chi connectivity index (χ3n) is 2.37. The molecule has 88 valence electrons. The summed E-state index contributed by atoms with van der Waals surface area (Å²) in [4.78, 5) is 7.99. The van der Waals surface area contributed by atoms with Gasteiger partial charge in [0.15, 0.2) is 0 Å². The maximum atomic E-state index is 8.84. The molecule has 0 unspecified atom stereocenters. The van der Waals surface area contributed by atoms with Crippen LogP contribution < -0.4 is 4.74 Å². The van der Waals surface area contributed by atoms with Crippen LogP contribution in [0.1, 0.15) is 11.3 Å². The van der Waals surface area contributed by atoms with Gasteiger partial charge in [0.25, 0.3) is 0 Å². The van der Waals surface area contributed by atoms with Gasteiger partial charge in [0.1, 0.15) is 5.75 Å². The molecule has 0 spiro atoms. The fourth-order valence-electron chi connectivity index (χ4n) is 1.43. The maximum absolute atomic E-state index is 8.84. The molecule has 2 aromatic heterocycles. The molecule has 0 saturated heterocycles. The number of ether oxygens (including phenoxy) is 1. The fraction of sp³-hybridized carbons (Fsp3) is 0.231. The monoisotopic (exact) mass is 230 g/mol. The van der Waals surface area contributed by atoms with Gasteiger partial charge < -0.3 is 9.84 Å². The maximum Gasteiger partial charge on any atom is 0.137 e. The smallest absolute Gasteiger partial charge is 0.137 e. The Morgan fingerprint density at radius 1 is 1.12 bits per heavy atom. The molecule has 4 nitrogen and oxygen atoms in total. The lowest BCUT2D eigenvalue weighted by atomic mass is 10.2. The highest BCUT2D eigenvalue weighted by atomic mass is 16.5. The van der Waals surface area contributed by atoms with Crippen LogP contribution in [-0.4, -0.2) is 21.7 Å². The summed E-state index contributed by atoms with van der Waals surface area (Å²) in [5.41, 5.74) is 1.84. The van der Waals surface area contributed by atoms with Crippen molar-refractivity contribution in [2.24, 2.45) is 0 Å². The standard InChI is InChI=1S/C13H14N2O2/c16-10-12-1-2-13(9-15-12)17-8-5-11-3-6-14-7-4-11/h1-4,6-7,9,16H,5,8,10H2. The Balaban J connectivity index is 1.82. The van der Waals surface area contributed by atoms with Crippen LogP contribution in [0.3, 0.4) is 0 Å². The van der Waals surface area contributed by atoms with Crippen LogP contribution in [0.4, 0.5) is 0 Å². The number of aromatic nitrogens is 2. The van der Waals surface area contributed by atoms with E-state index in [-0.39, 0.29) is 6.61 Å². The molecular weight excluding hydrogens is 216 g/mol. The summed E-state index contributed by atoms with van der Waals surface area (Å²) in [6.07, 6.45) is 6.00. The van der Waals surface area contributed by atoms with E-state index in [9.17, 15) is 0 Å². The number of pyridine rings is 2. The molecule has 0 saturated carbocycles. The Kier molecular flexibility index (Phi) is 4.05. The zero-order valence-corrected chi connectivity index (χ0v) is 9.41. The molecule has 2 rings (SSSR count). The van der Waals surface area contributed by atoms with E-state index in [1.54, 1.807) is 24.7 Å². The van der Waals surface area contributed by atoms with E-state index < -0.39 is 0 Å². The van der Waals surface area contributed by atoms with Crippen molar-refractivity contribution in [1.82, 2.24) is 9.97 Å². The van der Waals surface area contributed by atoms with Gasteiger partial charge in [0.2, 0.25) is 0 Å². The normalized spacial score (nSPS) is 10.2. The average molecular weight is 230 g/mol. The number of hydrogen-bond acceptors (Lipinski definition) is 4. The second-order valence-corrected chi connectivity index (χ2v) is 3.60. The first-order valence-corrected chi connectivity index (χ1v) is 5.46. The highest BCUT2D eigenvalue weighted by molar-refractivity contribution is 5.19. The van der Waals surface area contributed by atoms with E-state index in [2.05, 4.69) is 9.97 Å². The fourth-order valence-corrected chi connectivity index (χ4v) is 1.43. The van der Waals surface area contributed by atoms with Gasteiger partial charge in [-0.1, -0.05) is 0 Å². The molecule has 0 amide bonds. The van der Waals surface area contributed by atoms with Crippen LogP contribution in [0.5, 0.6) is 5.75 Å². The van der Waals surface area contributed by atoms with Gasteiger partial charge in [-0.2, -0.15) is 0 Å². The Bertz CT molecular complexity index is 443. The number of hydrogen-bond donors (Lipinski definition) is 1. The third kappa shape index (κ3) is 3.53. The van der Waals surface area contributed by atoms with Crippen LogP contribution in [0.15, 0.2) is 42.9 Å². The second-order valence-electron chi connectivity index (χ2n) is 3.60. The molecule has 1 N–H and O–H groups in total. The van der Waals surface area contributed by atoms with E-state index in [0.29, 0.717) is 12.3 Å². The minimum atomic E-state index is -0.0443. The number of rotatable bonds is 5. The van der Waals surface area contributed by atoms with Crippen molar-refractivity contribution in [3.63, 3.8) is 0 Å². The summed E-state index contributed by atoms with van der Waals surface area (Å²) in [7, 11) is 0. The lowest BCUT2D eigenvalue weighted by Gasteiger charge is -2.06. The Labute approximate surface area is 99.9 Å². The van der Waals surface area contributed by atoms with Crippen LogP contribution in [0.2, 0.25) is 0 Å². The molecule has 2 heterocycles. The highest BCUT2D eigenvalue weighted by Crippen LogP contribution is 2.09. The van der Waals surface area contributed by atoms with Gasteiger partial charge >= 0.3 is 0 Å². The van der Waals surface area contributed by atoms with Crippen molar-refractivity contribution in [3.05, 3.63) is 54.1 Å². The first-order valence-electron chi connectivity index (χ1n) is 5.46. The van der Waals surface area contributed by atoms with Crippen molar-refractivity contribution < 1.29 is 9.84 Å². The van der Waals surface area contributed by atoms with E-state index in [1.165, 1.54) is 5.56 Å². The number of aliphatic hydroxyl groups excluding tert-OH is 1. The largest absolute Gasteiger partial charge is 0.492 e. The van der Waals surface area contributed by atoms with Crippen LogP contribution in [0.25, 0.3) is 0 Å². The zero-order valence-electron chi connectivity index (χ0n) is 9.41. The molecule has 0 aliphatic carbocycles. The number of aliphatic hydroxyl groups is 1. The summed E-state index contributed by atoms with van der Waals surface area (Å²) in [6.45, 7) is 0.557. The van der Waals surface area contributed by atoms with Crippen molar-refractivity contribution in [1.29, 1.82) is 0 Å². The molecule has 0 radical (unpaired) electrons. The van der Waals surface area contributed by atoms with Crippen LogP contribution in [-0.2, 0) is 13.0 Å². The topological polar surface area (TPSA) is 55.2 Å². The molecule has 0 fully saturated rings. The van der Waals surface area contributed by atoms with Gasteiger partial charge in [0, 0.05) is 18.8 Å². The average Bonchev–Trinajstić information content (AvgIpc) is 2.41. The molecule has 2 aromatic rings. The summed E-state index contributed by atoms with van der Waals surface area (Å²) in [5.74, 6) is 0.719. The molecule has 0 aromatic carbocycles. The van der Waals surface area contributed by atoms with Gasteiger partial charge in [-0.25, -0.2) is 0 Å². The van der Waals surface area contributed by atoms with Gasteiger partial charge in [-0.3, -0.25) is 9.97 Å². The summed E-state index contributed by atoms with van der Waals surface area (Å²) >= 11 is 0. The molecule has 0 aliphatic heterocycles. The Hall–Kier alpha value is -1.94. The molecule has 0 bridgehead atoms. The third-order valence-corrected chi connectivity index (χ3v) is 2.37. The van der Waals surface area contributed by atoms with E-state index >= 15 is 0 Å². The second kappa shape index (κ2) is 5.96. The molecule has 0 atom stereocenters. The van der Waals surface area contributed by atoms with Crippen LogP contribution in [0, 0.1) is 0 Å². The first kappa shape index (κ1) is 11.5. The summed E-state index contributed by atoms with van der Waals surface area (Å²) < 4.78 is 5.54. The van der Waals surface area contributed by atoms with Crippen molar-refractivity contribution in [3.8, 4) is 5.75 Å². The van der Waals surface area contributed by atoms with Gasteiger partial charge in [-0.15, -0.1) is 0 Å². The minimum Gasteiger partial charge on any atom is -0.492 e.